The van der Waals surface area contributed by atoms with Crippen molar-refractivity contribution in [3.8, 4) is 0 Å². The topological polar surface area (TPSA) is 92.9 Å². The average Bonchev–Trinajstić information content (AvgIpc) is 2.56. The first-order valence-electron chi connectivity index (χ1n) is 7.26. The second-order valence-electron chi connectivity index (χ2n) is 5.37. The number of halogens is 2. The van der Waals surface area contributed by atoms with E-state index in [1.807, 2.05) is 0 Å². The number of hydrogen-bond acceptors (Lipinski definition) is 5. The first-order valence-corrected chi connectivity index (χ1v) is 9.45. The van der Waals surface area contributed by atoms with Crippen molar-refractivity contribution >= 4 is 39.1 Å². The van der Waals surface area contributed by atoms with Gasteiger partial charge in [0, 0.05) is 38.3 Å². The molecule has 0 aromatic heterocycles. The van der Waals surface area contributed by atoms with E-state index in [2.05, 4.69) is 0 Å². The fourth-order valence-corrected chi connectivity index (χ4v) is 4.61. The Morgan fingerprint density at radius 2 is 1.92 bits per heavy atom. The number of carbonyl (C=O) groups is 1. The SMILES string of the molecule is COCC(N)C(=O)N1CCN(S(=O)(=O)c2cc(Cl)ccc2Cl)CC1. The molecule has 2 rings (SSSR count). The molecule has 134 valence electrons. The van der Waals surface area contributed by atoms with Gasteiger partial charge in [0.2, 0.25) is 15.9 Å². The van der Waals surface area contributed by atoms with Crippen molar-refractivity contribution in [3.63, 3.8) is 0 Å². The van der Waals surface area contributed by atoms with Gasteiger partial charge in [-0.3, -0.25) is 4.79 Å². The number of rotatable bonds is 5. The summed E-state index contributed by atoms with van der Waals surface area (Å²) >= 11 is 11.9. The molecule has 1 aliphatic rings. The Hall–Kier alpha value is -0.900. The van der Waals surface area contributed by atoms with E-state index in [1.165, 1.54) is 34.5 Å². The summed E-state index contributed by atoms with van der Waals surface area (Å²) in [5, 5.41) is 0.400. The molecule has 2 N–H and O–H groups in total. The van der Waals surface area contributed by atoms with Crippen molar-refractivity contribution in [3.05, 3.63) is 28.2 Å². The Balaban J connectivity index is 2.08. The number of methoxy groups -OCH3 is 1. The van der Waals surface area contributed by atoms with Crippen LogP contribution in [0.3, 0.4) is 0 Å². The predicted octanol–water partition coefficient (Wildman–Crippen LogP) is 0.800. The van der Waals surface area contributed by atoms with Crippen LogP contribution in [0.1, 0.15) is 0 Å². The number of nitrogens with zero attached hydrogens (tertiary/aromatic N) is 2. The van der Waals surface area contributed by atoms with Crippen LogP contribution in [0.15, 0.2) is 23.1 Å². The molecule has 1 amide bonds. The van der Waals surface area contributed by atoms with Gasteiger partial charge < -0.3 is 15.4 Å². The maximum Gasteiger partial charge on any atom is 0.244 e. The Morgan fingerprint density at radius 3 is 2.50 bits per heavy atom. The van der Waals surface area contributed by atoms with Crippen molar-refractivity contribution in [1.82, 2.24) is 9.21 Å². The molecule has 0 spiro atoms. The molecule has 1 aromatic carbocycles. The van der Waals surface area contributed by atoms with Crippen molar-refractivity contribution in [2.45, 2.75) is 10.9 Å². The fourth-order valence-electron chi connectivity index (χ4n) is 2.45. The Kier molecular flexibility index (Phi) is 6.46. The summed E-state index contributed by atoms with van der Waals surface area (Å²) in [6.07, 6.45) is 0. The molecule has 0 aliphatic carbocycles. The highest BCUT2D eigenvalue weighted by molar-refractivity contribution is 7.89. The predicted molar refractivity (Wildman–Crippen MR) is 91.7 cm³/mol. The molecule has 0 bridgehead atoms. The smallest absolute Gasteiger partial charge is 0.244 e. The minimum absolute atomic E-state index is 0.0347. The van der Waals surface area contributed by atoms with E-state index in [9.17, 15) is 13.2 Å². The van der Waals surface area contributed by atoms with E-state index in [-0.39, 0.29) is 53.6 Å². The minimum atomic E-state index is -3.77. The van der Waals surface area contributed by atoms with Gasteiger partial charge in [0.15, 0.2) is 0 Å². The summed E-state index contributed by atoms with van der Waals surface area (Å²) < 4.78 is 31.6. The summed E-state index contributed by atoms with van der Waals surface area (Å²) in [6.45, 7) is 0.962. The van der Waals surface area contributed by atoms with Crippen LogP contribution in [-0.4, -0.2) is 69.5 Å². The number of nitrogens with two attached hydrogens (primary N) is 1. The second kappa shape index (κ2) is 7.99. The number of amides is 1. The summed E-state index contributed by atoms with van der Waals surface area (Å²) in [6, 6.07) is 3.54. The number of sulfonamides is 1. The van der Waals surface area contributed by atoms with E-state index in [0.29, 0.717) is 0 Å². The molecule has 1 aliphatic heterocycles. The third-order valence-corrected chi connectivity index (χ3v) is 6.34. The van der Waals surface area contributed by atoms with Gasteiger partial charge in [-0.15, -0.1) is 0 Å². The number of ether oxygens (including phenoxy) is 1. The molecule has 1 heterocycles. The number of benzene rings is 1. The highest BCUT2D eigenvalue weighted by atomic mass is 35.5. The Labute approximate surface area is 151 Å². The standard InChI is InChI=1S/C14H19Cl2N3O4S/c1-23-9-12(17)14(20)18-4-6-19(7-5-18)24(21,22)13-8-10(15)2-3-11(13)16/h2-3,8,12H,4-7,9,17H2,1H3. The minimum Gasteiger partial charge on any atom is -0.383 e. The van der Waals surface area contributed by atoms with Gasteiger partial charge in [-0.2, -0.15) is 4.31 Å². The summed E-state index contributed by atoms with van der Waals surface area (Å²) in [4.78, 5) is 13.6. The third-order valence-electron chi connectivity index (χ3n) is 3.72. The van der Waals surface area contributed by atoms with E-state index >= 15 is 0 Å². The van der Waals surface area contributed by atoms with E-state index in [4.69, 9.17) is 33.7 Å². The van der Waals surface area contributed by atoms with Crippen LogP contribution in [0.5, 0.6) is 0 Å². The molecule has 10 heteroatoms. The molecule has 0 radical (unpaired) electrons. The monoisotopic (exact) mass is 395 g/mol. The zero-order valence-corrected chi connectivity index (χ0v) is 15.4. The zero-order chi connectivity index (χ0) is 17.9. The fraction of sp³-hybridized carbons (Fsp3) is 0.500. The van der Waals surface area contributed by atoms with Gasteiger partial charge in [0.25, 0.3) is 0 Å². The van der Waals surface area contributed by atoms with Crippen LogP contribution in [-0.2, 0) is 19.6 Å². The van der Waals surface area contributed by atoms with Crippen LogP contribution >= 0.6 is 23.2 Å². The van der Waals surface area contributed by atoms with Gasteiger partial charge in [-0.25, -0.2) is 8.42 Å². The Morgan fingerprint density at radius 1 is 1.29 bits per heavy atom. The van der Waals surface area contributed by atoms with E-state index < -0.39 is 16.1 Å². The highest BCUT2D eigenvalue weighted by Gasteiger charge is 2.32. The number of carbonyl (C=O) groups excluding carboxylic acids is 1. The molecule has 7 nitrogen and oxygen atoms in total. The largest absolute Gasteiger partial charge is 0.383 e. The lowest BCUT2D eigenvalue weighted by Gasteiger charge is -2.35. The van der Waals surface area contributed by atoms with Crippen molar-refractivity contribution in [1.29, 1.82) is 0 Å². The van der Waals surface area contributed by atoms with E-state index in [1.54, 1.807) is 0 Å². The maximum atomic E-state index is 12.7. The first kappa shape index (κ1) is 19.4. The van der Waals surface area contributed by atoms with Crippen molar-refractivity contribution in [2.24, 2.45) is 5.73 Å². The van der Waals surface area contributed by atoms with Crippen molar-refractivity contribution < 1.29 is 17.9 Å². The molecule has 1 saturated heterocycles. The van der Waals surface area contributed by atoms with Crippen LogP contribution < -0.4 is 5.73 Å². The molecule has 24 heavy (non-hydrogen) atoms. The summed E-state index contributed by atoms with van der Waals surface area (Å²) in [7, 11) is -2.31. The van der Waals surface area contributed by atoms with Gasteiger partial charge in [0.05, 0.1) is 11.6 Å². The molecule has 1 unspecified atom stereocenters. The molecular formula is C14H19Cl2N3O4S. The summed E-state index contributed by atoms with van der Waals surface area (Å²) in [5.74, 6) is -0.255. The van der Waals surface area contributed by atoms with Crippen LogP contribution in [0, 0.1) is 0 Å². The van der Waals surface area contributed by atoms with Crippen LogP contribution in [0.2, 0.25) is 10.0 Å². The third kappa shape index (κ3) is 4.19. The second-order valence-corrected chi connectivity index (χ2v) is 8.12. The van der Waals surface area contributed by atoms with Crippen LogP contribution in [0.25, 0.3) is 0 Å². The average molecular weight is 396 g/mol. The van der Waals surface area contributed by atoms with Gasteiger partial charge >= 0.3 is 0 Å². The molecule has 0 saturated carbocycles. The van der Waals surface area contributed by atoms with Gasteiger partial charge in [0.1, 0.15) is 10.9 Å². The Bertz CT molecular complexity index is 706. The van der Waals surface area contributed by atoms with E-state index in [0.717, 1.165) is 0 Å². The molecule has 1 aromatic rings. The van der Waals surface area contributed by atoms with Crippen molar-refractivity contribution in [2.75, 3.05) is 39.9 Å². The van der Waals surface area contributed by atoms with Gasteiger partial charge in [-0.1, -0.05) is 23.2 Å². The molecular weight excluding hydrogens is 377 g/mol. The lowest BCUT2D eigenvalue weighted by molar-refractivity contribution is -0.134. The van der Waals surface area contributed by atoms with Gasteiger partial charge in [-0.05, 0) is 18.2 Å². The molecule has 1 fully saturated rings. The normalized spacial score (nSPS) is 17.8. The zero-order valence-electron chi connectivity index (χ0n) is 13.1. The highest BCUT2D eigenvalue weighted by Crippen LogP contribution is 2.28. The quantitative estimate of drug-likeness (QED) is 0.795. The lowest BCUT2D eigenvalue weighted by Crippen LogP contribution is -2.55. The number of hydrogen-bond donors (Lipinski definition) is 1. The summed E-state index contributed by atoms with van der Waals surface area (Å²) in [5.41, 5.74) is 5.73. The number of piperazine rings is 1. The lowest BCUT2D eigenvalue weighted by atomic mass is 10.2. The molecule has 1 atom stereocenters. The maximum absolute atomic E-state index is 12.7. The van der Waals surface area contributed by atoms with Crippen LogP contribution in [0.4, 0.5) is 0 Å². The first-order chi connectivity index (χ1) is 11.3.